The first-order valence-corrected chi connectivity index (χ1v) is 7.63. The Labute approximate surface area is 113 Å². The summed E-state index contributed by atoms with van der Waals surface area (Å²) in [4.78, 5) is 18.5. The van der Waals surface area contributed by atoms with Crippen molar-refractivity contribution in [2.24, 2.45) is 0 Å². The van der Waals surface area contributed by atoms with Crippen molar-refractivity contribution in [1.82, 2.24) is 9.88 Å². The minimum Gasteiger partial charge on any atom is -0.339 e. The Hall–Kier alpha value is -1.03. The van der Waals surface area contributed by atoms with Crippen LogP contribution in [-0.2, 0) is 4.79 Å². The number of thioether (sulfide) groups is 1. The molecule has 1 saturated heterocycles. The Balaban J connectivity index is 1.87. The Kier molecular flexibility index (Phi) is 5.05. The van der Waals surface area contributed by atoms with Gasteiger partial charge in [0.1, 0.15) is 0 Å². The molecule has 18 heavy (non-hydrogen) atoms. The summed E-state index contributed by atoms with van der Waals surface area (Å²) in [5, 5.41) is 0.927. The van der Waals surface area contributed by atoms with Crippen molar-refractivity contribution in [2.45, 2.75) is 43.7 Å². The summed E-state index contributed by atoms with van der Waals surface area (Å²) in [6.07, 6.45) is 6.41. The number of carbonyl (C=O) groups is 1. The molecule has 1 aromatic heterocycles. The minimum atomic E-state index is 0.261. The van der Waals surface area contributed by atoms with Gasteiger partial charge in [0.05, 0.1) is 10.8 Å². The Morgan fingerprint density at radius 3 is 3.11 bits per heavy atom. The molecule has 0 bridgehead atoms. The molecule has 2 heterocycles. The normalized spacial score (nSPS) is 19.8. The van der Waals surface area contributed by atoms with Crippen molar-refractivity contribution < 1.29 is 4.79 Å². The molecular weight excluding hydrogens is 244 g/mol. The molecule has 1 amide bonds. The van der Waals surface area contributed by atoms with E-state index in [1.165, 1.54) is 18.2 Å². The van der Waals surface area contributed by atoms with Gasteiger partial charge >= 0.3 is 0 Å². The maximum Gasteiger partial charge on any atom is 0.233 e. The van der Waals surface area contributed by atoms with Gasteiger partial charge in [-0.3, -0.25) is 4.79 Å². The van der Waals surface area contributed by atoms with E-state index < -0.39 is 0 Å². The van der Waals surface area contributed by atoms with Crippen molar-refractivity contribution in [3.05, 3.63) is 24.4 Å². The number of aromatic nitrogens is 1. The second-order valence-corrected chi connectivity index (χ2v) is 5.60. The quantitative estimate of drug-likeness (QED) is 0.784. The van der Waals surface area contributed by atoms with Crippen LogP contribution in [0.3, 0.4) is 0 Å². The topological polar surface area (TPSA) is 33.2 Å². The van der Waals surface area contributed by atoms with E-state index in [2.05, 4.69) is 16.8 Å². The molecular formula is C14H20N2OS. The van der Waals surface area contributed by atoms with Crippen molar-refractivity contribution in [3.63, 3.8) is 0 Å². The lowest BCUT2D eigenvalue weighted by atomic mass is 10.0. The molecule has 1 aliphatic heterocycles. The van der Waals surface area contributed by atoms with E-state index in [1.54, 1.807) is 6.20 Å². The van der Waals surface area contributed by atoms with Crippen LogP contribution in [-0.4, -0.2) is 34.1 Å². The third-order valence-electron chi connectivity index (χ3n) is 3.40. The van der Waals surface area contributed by atoms with Crippen molar-refractivity contribution >= 4 is 17.7 Å². The first-order chi connectivity index (χ1) is 8.81. The molecule has 2 rings (SSSR count). The molecule has 4 heteroatoms. The van der Waals surface area contributed by atoms with Crippen LogP contribution in [0.1, 0.15) is 32.6 Å². The van der Waals surface area contributed by atoms with Crippen LogP contribution in [0, 0.1) is 0 Å². The lowest BCUT2D eigenvalue weighted by Gasteiger charge is -2.35. The average molecular weight is 264 g/mol. The molecule has 1 aromatic rings. The fraction of sp³-hybridized carbons (Fsp3) is 0.571. The summed E-state index contributed by atoms with van der Waals surface area (Å²) < 4.78 is 0. The molecule has 1 unspecified atom stereocenters. The third kappa shape index (κ3) is 3.48. The molecule has 98 valence electrons. The molecule has 0 radical (unpaired) electrons. The van der Waals surface area contributed by atoms with Gasteiger partial charge in [0.15, 0.2) is 0 Å². The van der Waals surface area contributed by atoms with Crippen LogP contribution in [0.5, 0.6) is 0 Å². The standard InChI is InChI=1S/C14H20N2OS/c1-2-12-7-4-6-10-16(12)14(17)11-18-13-8-3-5-9-15-13/h3,5,8-9,12H,2,4,6-7,10-11H2,1H3. The Morgan fingerprint density at radius 2 is 2.39 bits per heavy atom. The van der Waals surface area contributed by atoms with Crippen molar-refractivity contribution in [2.75, 3.05) is 12.3 Å². The Bertz CT molecular complexity index is 383. The molecule has 0 N–H and O–H groups in total. The van der Waals surface area contributed by atoms with E-state index >= 15 is 0 Å². The molecule has 3 nitrogen and oxygen atoms in total. The summed E-state index contributed by atoms with van der Waals surface area (Å²) >= 11 is 1.53. The van der Waals surface area contributed by atoms with Crippen LogP contribution in [0.25, 0.3) is 0 Å². The van der Waals surface area contributed by atoms with E-state index in [9.17, 15) is 4.79 Å². The summed E-state index contributed by atoms with van der Waals surface area (Å²) in [5.41, 5.74) is 0. The van der Waals surface area contributed by atoms with Crippen LogP contribution in [0.15, 0.2) is 29.4 Å². The van der Waals surface area contributed by atoms with Crippen LogP contribution >= 0.6 is 11.8 Å². The molecule has 0 saturated carbocycles. The van der Waals surface area contributed by atoms with E-state index in [0.29, 0.717) is 11.8 Å². The predicted molar refractivity (Wildman–Crippen MR) is 74.6 cm³/mol. The monoisotopic (exact) mass is 264 g/mol. The van der Waals surface area contributed by atoms with Gasteiger partial charge < -0.3 is 4.90 Å². The van der Waals surface area contributed by atoms with Gasteiger partial charge in [0.25, 0.3) is 0 Å². The summed E-state index contributed by atoms with van der Waals surface area (Å²) in [6.45, 7) is 3.10. The van der Waals surface area contributed by atoms with Crippen molar-refractivity contribution in [3.8, 4) is 0 Å². The summed E-state index contributed by atoms with van der Waals surface area (Å²) in [5.74, 6) is 0.769. The van der Waals surface area contributed by atoms with Crippen LogP contribution in [0.2, 0.25) is 0 Å². The number of rotatable bonds is 4. The number of hydrogen-bond donors (Lipinski definition) is 0. The number of carbonyl (C=O) groups excluding carboxylic acids is 1. The summed E-state index contributed by atoms with van der Waals surface area (Å²) in [7, 11) is 0. The second kappa shape index (κ2) is 6.78. The van der Waals surface area contributed by atoms with Gasteiger partial charge in [0, 0.05) is 18.8 Å². The van der Waals surface area contributed by atoms with E-state index in [-0.39, 0.29) is 5.91 Å². The number of pyridine rings is 1. The maximum absolute atomic E-state index is 12.2. The Morgan fingerprint density at radius 1 is 1.50 bits per heavy atom. The number of piperidine rings is 1. The van der Waals surface area contributed by atoms with Gasteiger partial charge in [-0.25, -0.2) is 4.98 Å². The number of amides is 1. The second-order valence-electron chi connectivity index (χ2n) is 4.60. The van der Waals surface area contributed by atoms with Gasteiger partial charge in [-0.05, 0) is 37.8 Å². The molecule has 0 aliphatic carbocycles. The van der Waals surface area contributed by atoms with Crippen LogP contribution in [0.4, 0.5) is 0 Å². The average Bonchev–Trinajstić information content (AvgIpc) is 2.45. The van der Waals surface area contributed by atoms with Gasteiger partial charge in [0.2, 0.25) is 5.91 Å². The van der Waals surface area contributed by atoms with E-state index in [0.717, 1.165) is 30.8 Å². The van der Waals surface area contributed by atoms with Gasteiger partial charge in [-0.1, -0.05) is 24.8 Å². The lowest BCUT2D eigenvalue weighted by Crippen LogP contribution is -2.44. The third-order valence-corrected chi connectivity index (χ3v) is 4.33. The zero-order valence-corrected chi connectivity index (χ0v) is 11.7. The fourth-order valence-electron chi connectivity index (χ4n) is 2.40. The van der Waals surface area contributed by atoms with Gasteiger partial charge in [-0.15, -0.1) is 0 Å². The largest absolute Gasteiger partial charge is 0.339 e. The molecule has 1 aliphatic rings. The molecule has 0 aromatic carbocycles. The zero-order valence-electron chi connectivity index (χ0n) is 10.8. The van der Waals surface area contributed by atoms with Gasteiger partial charge in [-0.2, -0.15) is 0 Å². The fourth-order valence-corrected chi connectivity index (χ4v) is 3.15. The first-order valence-electron chi connectivity index (χ1n) is 6.64. The van der Waals surface area contributed by atoms with Crippen molar-refractivity contribution in [1.29, 1.82) is 0 Å². The molecule has 0 spiro atoms. The number of nitrogens with zero attached hydrogens (tertiary/aromatic N) is 2. The van der Waals surface area contributed by atoms with Crippen LogP contribution < -0.4 is 0 Å². The zero-order chi connectivity index (χ0) is 12.8. The molecule has 1 atom stereocenters. The SMILES string of the molecule is CCC1CCCCN1C(=O)CSc1ccccn1. The highest BCUT2D eigenvalue weighted by atomic mass is 32.2. The molecule has 1 fully saturated rings. The lowest BCUT2D eigenvalue weighted by molar-refractivity contribution is -0.132. The summed E-state index contributed by atoms with van der Waals surface area (Å²) in [6, 6.07) is 6.25. The minimum absolute atomic E-state index is 0.261. The van der Waals surface area contributed by atoms with E-state index in [1.807, 2.05) is 18.2 Å². The highest BCUT2D eigenvalue weighted by molar-refractivity contribution is 7.99. The number of likely N-dealkylation sites (tertiary alicyclic amines) is 1. The number of hydrogen-bond acceptors (Lipinski definition) is 3. The highest BCUT2D eigenvalue weighted by Crippen LogP contribution is 2.22. The predicted octanol–water partition coefficient (Wildman–Crippen LogP) is 2.96. The maximum atomic E-state index is 12.2. The highest BCUT2D eigenvalue weighted by Gasteiger charge is 2.24. The van der Waals surface area contributed by atoms with E-state index in [4.69, 9.17) is 0 Å². The first kappa shape index (κ1) is 13.4. The smallest absolute Gasteiger partial charge is 0.233 e.